The minimum atomic E-state index is 0.827. The molecule has 0 aromatic rings. The molecule has 1 heteroatoms. The lowest BCUT2D eigenvalue weighted by atomic mass is 9.98. The molecule has 0 heterocycles. The highest BCUT2D eigenvalue weighted by Gasteiger charge is 2.06. The van der Waals surface area contributed by atoms with Crippen molar-refractivity contribution in [2.45, 2.75) is 65.5 Å². The Morgan fingerprint density at radius 2 is 1.54 bits per heavy atom. The first kappa shape index (κ1) is 13.4. The summed E-state index contributed by atoms with van der Waals surface area (Å²) in [5, 5.41) is 0. The molecule has 0 bridgehead atoms. The molecule has 3 unspecified atom stereocenters. The molecule has 0 radical (unpaired) electrons. The van der Waals surface area contributed by atoms with Gasteiger partial charge in [0.25, 0.3) is 0 Å². The van der Waals surface area contributed by atoms with Crippen LogP contribution in [-0.2, 0) is 0 Å². The molecule has 0 spiro atoms. The molecule has 0 aromatic heterocycles. The lowest BCUT2D eigenvalue weighted by molar-refractivity contribution is 0.463. The Balaban J connectivity index is 3.25. The monoisotopic (exact) mass is 202 g/mol. The highest BCUT2D eigenvalue weighted by atomic mass is 31.0. The molecule has 0 aliphatic carbocycles. The first-order chi connectivity index (χ1) is 6.07. The highest BCUT2D eigenvalue weighted by molar-refractivity contribution is 7.17. The van der Waals surface area contributed by atoms with Crippen LogP contribution in [0.2, 0.25) is 0 Å². The van der Waals surface area contributed by atoms with Crippen LogP contribution in [0.4, 0.5) is 0 Å². The van der Waals surface area contributed by atoms with E-state index in [1.807, 2.05) is 0 Å². The number of hydrogen-bond donors (Lipinski definition) is 0. The Morgan fingerprint density at radius 1 is 1.00 bits per heavy atom. The average molecular weight is 202 g/mol. The van der Waals surface area contributed by atoms with Crippen LogP contribution in [0.5, 0.6) is 0 Å². The van der Waals surface area contributed by atoms with Gasteiger partial charge in [-0.25, -0.2) is 0 Å². The van der Waals surface area contributed by atoms with E-state index in [1.165, 1.54) is 32.1 Å². The zero-order valence-electron chi connectivity index (χ0n) is 9.84. The molecule has 13 heavy (non-hydrogen) atoms. The maximum Gasteiger partial charge on any atom is -0.0241 e. The third-order valence-electron chi connectivity index (χ3n) is 3.04. The quantitative estimate of drug-likeness (QED) is 0.421. The van der Waals surface area contributed by atoms with Gasteiger partial charge < -0.3 is 0 Å². The van der Waals surface area contributed by atoms with E-state index in [0.29, 0.717) is 0 Å². The van der Waals surface area contributed by atoms with Gasteiger partial charge in [0.2, 0.25) is 0 Å². The van der Waals surface area contributed by atoms with Crippen LogP contribution in [0.15, 0.2) is 0 Å². The molecule has 0 aliphatic heterocycles. The summed E-state index contributed by atoms with van der Waals surface area (Å²) >= 11 is 0. The lowest BCUT2D eigenvalue weighted by Gasteiger charge is -2.15. The standard InChI is InChI=1S/C12H27P/c1-5-11(4)8-6-7-9-12(13)10(2)3/h10-12H,5-9,13H2,1-4H3. The number of hydrogen-bond acceptors (Lipinski definition) is 0. The van der Waals surface area contributed by atoms with Gasteiger partial charge in [-0.1, -0.05) is 53.4 Å². The Labute approximate surface area is 87.1 Å². The molecule has 0 aliphatic rings. The van der Waals surface area contributed by atoms with E-state index >= 15 is 0 Å². The van der Waals surface area contributed by atoms with Gasteiger partial charge >= 0.3 is 0 Å². The summed E-state index contributed by atoms with van der Waals surface area (Å²) in [6.45, 7) is 9.27. The van der Waals surface area contributed by atoms with E-state index in [-0.39, 0.29) is 0 Å². The topological polar surface area (TPSA) is 0 Å². The summed E-state index contributed by atoms with van der Waals surface area (Å²) in [6, 6.07) is 0. The predicted octanol–water partition coefficient (Wildman–Crippen LogP) is 4.49. The average Bonchev–Trinajstić information content (AvgIpc) is 2.11. The van der Waals surface area contributed by atoms with Gasteiger partial charge in [0.05, 0.1) is 0 Å². The Kier molecular flexibility index (Phi) is 8.06. The van der Waals surface area contributed by atoms with Crippen LogP contribution < -0.4 is 0 Å². The van der Waals surface area contributed by atoms with E-state index in [4.69, 9.17) is 0 Å². The molecule has 0 N–H and O–H groups in total. The van der Waals surface area contributed by atoms with Crippen LogP contribution in [0.3, 0.4) is 0 Å². The van der Waals surface area contributed by atoms with E-state index in [9.17, 15) is 0 Å². The van der Waals surface area contributed by atoms with Crippen LogP contribution in [0.25, 0.3) is 0 Å². The molecular formula is C12H27P. The van der Waals surface area contributed by atoms with E-state index < -0.39 is 0 Å². The largest absolute Gasteiger partial charge is 0.134 e. The molecule has 0 rings (SSSR count). The van der Waals surface area contributed by atoms with Gasteiger partial charge in [-0.2, -0.15) is 0 Å². The van der Waals surface area contributed by atoms with Gasteiger partial charge in [0.1, 0.15) is 0 Å². The van der Waals surface area contributed by atoms with Gasteiger partial charge in [-0.3, -0.25) is 0 Å². The van der Waals surface area contributed by atoms with Crippen molar-refractivity contribution in [1.29, 1.82) is 0 Å². The summed E-state index contributed by atoms with van der Waals surface area (Å²) in [5.41, 5.74) is 0.830. The Morgan fingerprint density at radius 3 is 2.00 bits per heavy atom. The molecule has 0 aromatic carbocycles. The summed E-state index contributed by atoms with van der Waals surface area (Å²) in [4.78, 5) is 0. The van der Waals surface area contributed by atoms with E-state index in [2.05, 4.69) is 36.9 Å². The van der Waals surface area contributed by atoms with Crippen molar-refractivity contribution in [3.05, 3.63) is 0 Å². The Bertz CT molecular complexity index is 110. The molecule has 80 valence electrons. The van der Waals surface area contributed by atoms with Crippen molar-refractivity contribution in [2.75, 3.05) is 0 Å². The molecule has 0 nitrogen and oxygen atoms in total. The zero-order chi connectivity index (χ0) is 10.3. The number of rotatable bonds is 7. The first-order valence-corrected chi connectivity index (χ1v) is 6.50. The fraction of sp³-hybridized carbons (Fsp3) is 1.00. The smallest absolute Gasteiger partial charge is 0.0241 e. The zero-order valence-corrected chi connectivity index (χ0v) is 11.0. The SMILES string of the molecule is CCC(C)CCCCC(P)C(C)C. The van der Waals surface area contributed by atoms with Crippen LogP contribution >= 0.6 is 9.24 Å². The highest BCUT2D eigenvalue weighted by Crippen LogP contribution is 2.20. The minimum absolute atomic E-state index is 0.827. The summed E-state index contributed by atoms with van der Waals surface area (Å²) < 4.78 is 0. The second-order valence-corrected chi connectivity index (χ2v) is 5.56. The van der Waals surface area contributed by atoms with E-state index in [1.54, 1.807) is 0 Å². The van der Waals surface area contributed by atoms with E-state index in [0.717, 1.165) is 17.5 Å². The fourth-order valence-corrected chi connectivity index (χ4v) is 1.65. The number of unbranched alkanes of at least 4 members (excludes halogenated alkanes) is 1. The van der Waals surface area contributed by atoms with Crippen molar-refractivity contribution >= 4 is 9.24 Å². The second-order valence-electron chi connectivity index (χ2n) is 4.71. The van der Waals surface area contributed by atoms with Crippen LogP contribution in [-0.4, -0.2) is 5.66 Å². The van der Waals surface area contributed by atoms with Gasteiger partial charge in [0.15, 0.2) is 0 Å². The molecule has 0 fully saturated rings. The van der Waals surface area contributed by atoms with Crippen molar-refractivity contribution in [2.24, 2.45) is 11.8 Å². The minimum Gasteiger partial charge on any atom is -0.134 e. The molecule has 0 saturated carbocycles. The van der Waals surface area contributed by atoms with Crippen molar-refractivity contribution in [3.63, 3.8) is 0 Å². The van der Waals surface area contributed by atoms with Gasteiger partial charge in [-0.15, -0.1) is 9.24 Å². The van der Waals surface area contributed by atoms with Crippen molar-refractivity contribution in [3.8, 4) is 0 Å². The molecule has 3 atom stereocenters. The summed E-state index contributed by atoms with van der Waals surface area (Å²) in [6.07, 6.45) is 6.99. The summed E-state index contributed by atoms with van der Waals surface area (Å²) in [5.74, 6) is 1.76. The predicted molar refractivity (Wildman–Crippen MR) is 66.3 cm³/mol. The fourth-order valence-electron chi connectivity index (χ4n) is 1.41. The molecule has 0 amide bonds. The van der Waals surface area contributed by atoms with Crippen LogP contribution in [0, 0.1) is 11.8 Å². The van der Waals surface area contributed by atoms with Gasteiger partial charge in [-0.05, 0) is 23.9 Å². The normalized spacial score (nSPS) is 16.2. The molecule has 0 saturated heterocycles. The second kappa shape index (κ2) is 7.80. The Hall–Kier alpha value is 0.430. The van der Waals surface area contributed by atoms with Gasteiger partial charge in [0, 0.05) is 0 Å². The maximum atomic E-state index is 2.98. The third-order valence-corrected chi connectivity index (χ3v) is 4.14. The van der Waals surface area contributed by atoms with Crippen molar-refractivity contribution in [1.82, 2.24) is 0 Å². The third kappa shape index (κ3) is 7.50. The lowest BCUT2D eigenvalue weighted by Crippen LogP contribution is -2.06. The maximum absolute atomic E-state index is 2.98. The summed E-state index contributed by atoms with van der Waals surface area (Å²) in [7, 11) is 2.98. The van der Waals surface area contributed by atoms with Crippen molar-refractivity contribution < 1.29 is 0 Å². The first-order valence-electron chi connectivity index (χ1n) is 5.83. The van der Waals surface area contributed by atoms with Crippen LogP contribution in [0.1, 0.15) is 59.8 Å². The molecular weight excluding hydrogens is 175 g/mol.